The van der Waals surface area contributed by atoms with Crippen molar-refractivity contribution in [2.45, 2.75) is 25.7 Å². The maximum Gasteiger partial charge on any atom is 0.283 e. The summed E-state index contributed by atoms with van der Waals surface area (Å²) in [6.07, 6.45) is 4.07. The van der Waals surface area contributed by atoms with Crippen molar-refractivity contribution >= 4 is 44.8 Å². The number of hydrogen-bond acceptors (Lipinski definition) is 7. The first-order valence-electron chi connectivity index (χ1n) is 10.6. The van der Waals surface area contributed by atoms with Gasteiger partial charge in [-0.1, -0.05) is 48.5 Å². The first-order valence-corrected chi connectivity index (χ1v) is 11.4. The van der Waals surface area contributed by atoms with Crippen LogP contribution in [0.3, 0.4) is 0 Å². The zero-order chi connectivity index (χ0) is 21.7. The Balaban J connectivity index is 1.56. The zero-order valence-corrected chi connectivity index (χ0v) is 17.9. The number of anilines is 2. The largest absolute Gasteiger partial charge is 0.285 e. The highest BCUT2D eigenvalue weighted by atomic mass is 32.1. The Morgan fingerprint density at radius 1 is 0.969 bits per heavy atom. The predicted molar refractivity (Wildman–Crippen MR) is 127 cm³/mol. The molecule has 0 unspecified atom stereocenters. The second-order valence-electron chi connectivity index (χ2n) is 7.85. The fraction of sp³-hybridized carbons (Fsp3) is 0.167. The van der Waals surface area contributed by atoms with Crippen LogP contribution in [0.2, 0.25) is 0 Å². The molecule has 1 aliphatic heterocycles. The summed E-state index contributed by atoms with van der Waals surface area (Å²) in [4.78, 5) is 33.7. The number of nitrogens with zero attached hydrogens (tertiary/aromatic N) is 4. The van der Waals surface area contributed by atoms with Gasteiger partial charge in [-0.3, -0.25) is 15.0 Å². The number of carbonyl (C=O) groups is 1. The van der Waals surface area contributed by atoms with E-state index >= 15 is 0 Å². The molecule has 6 rings (SSSR count). The van der Waals surface area contributed by atoms with E-state index in [1.807, 2.05) is 36.4 Å². The lowest BCUT2D eigenvalue weighted by Crippen LogP contribution is -2.44. The number of ketones is 1. The van der Waals surface area contributed by atoms with Crippen LogP contribution in [0, 0.1) is 0 Å². The molecule has 1 aliphatic carbocycles. The van der Waals surface area contributed by atoms with Crippen LogP contribution in [0.5, 0.6) is 0 Å². The lowest BCUT2D eigenvalue weighted by molar-refractivity contribution is 0.106. The minimum Gasteiger partial charge on any atom is -0.285 e. The number of hydrogen-bond donors (Lipinski definition) is 1. The van der Waals surface area contributed by atoms with E-state index in [1.165, 1.54) is 9.55 Å². The normalized spacial score (nSPS) is 15.0. The van der Waals surface area contributed by atoms with Crippen LogP contribution in [0.4, 0.5) is 11.6 Å². The van der Waals surface area contributed by atoms with Crippen molar-refractivity contribution in [2.75, 3.05) is 10.4 Å². The van der Waals surface area contributed by atoms with Crippen molar-refractivity contribution in [1.29, 1.82) is 0 Å². The average molecular weight is 442 g/mol. The standard InChI is InChI=1S/C24H19N5O2S/c30-20(15-9-3-1-4-10-15)21-26-28(16-11-5-2-6-12-16)24-25-22-19(23(31)29(24)27-21)17-13-7-8-14-18(17)32-22/h1-6,9-12H,7-8,13-14H2,(H,26,27). The number of carbonyl (C=O) groups excluding carboxylic acids is 1. The minimum atomic E-state index is -0.295. The summed E-state index contributed by atoms with van der Waals surface area (Å²) in [6.45, 7) is 0. The van der Waals surface area contributed by atoms with Gasteiger partial charge >= 0.3 is 0 Å². The fourth-order valence-electron chi connectivity index (χ4n) is 4.27. The Bertz CT molecular complexity index is 1440. The van der Waals surface area contributed by atoms with E-state index in [0.717, 1.165) is 36.1 Å². The molecule has 0 saturated heterocycles. The number of rotatable bonds is 3. The first kappa shape index (κ1) is 18.9. The number of benzene rings is 2. The summed E-state index contributed by atoms with van der Waals surface area (Å²) < 4.78 is 1.36. The van der Waals surface area contributed by atoms with Gasteiger partial charge in [-0.2, -0.15) is 14.7 Å². The van der Waals surface area contributed by atoms with E-state index in [9.17, 15) is 9.59 Å². The minimum absolute atomic E-state index is 0.0694. The van der Waals surface area contributed by atoms with Crippen molar-refractivity contribution in [3.63, 3.8) is 0 Å². The Morgan fingerprint density at radius 3 is 2.47 bits per heavy atom. The Kier molecular flexibility index (Phi) is 4.39. The van der Waals surface area contributed by atoms with Gasteiger partial charge in [-0.15, -0.1) is 16.4 Å². The molecule has 0 radical (unpaired) electrons. The van der Waals surface area contributed by atoms with Gasteiger partial charge in [0.2, 0.25) is 11.6 Å². The molecule has 8 heteroatoms. The van der Waals surface area contributed by atoms with Crippen molar-refractivity contribution in [2.24, 2.45) is 5.10 Å². The number of hydrazone groups is 1. The number of fused-ring (bicyclic) bond motifs is 4. The summed E-state index contributed by atoms with van der Waals surface area (Å²) in [5.74, 6) is 0.119. The smallest absolute Gasteiger partial charge is 0.283 e. The molecule has 0 bridgehead atoms. The fourth-order valence-corrected chi connectivity index (χ4v) is 5.52. The average Bonchev–Trinajstić information content (AvgIpc) is 3.23. The number of aromatic nitrogens is 2. The summed E-state index contributed by atoms with van der Waals surface area (Å²) in [6, 6.07) is 18.3. The van der Waals surface area contributed by atoms with Crippen LogP contribution in [0.15, 0.2) is 70.6 Å². The molecule has 0 atom stereocenters. The van der Waals surface area contributed by atoms with E-state index < -0.39 is 0 Å². The quantitative estimate of drug-likeness (QED) is 0.482. The second-order valence-corrected chi connectivity index (χ2v) is 8.93. The Labute approximate surface area is 187 Å². The number of Topliss-reactive ketones (excluding diaryl/α,β-unsaturated/α-hetero) is 1. The molecule has 2 aromatic carbocycles. The summed E-state index contributed by atoms with van der Waals surface area (Å²) in [5, 5.41) is 6.79. The third kappa shape index (κ3) is 2.95. The number of amidine groups is 1. The summed E-state index contributed by atoms with van der Waals surface area (Å²) in [5.41, 5.74) is 5.08. The molecule has 7 nitrogen and oxygen atoms in total. The summed E-state index contributed by atoms with van der Waals surface area (Å²) >= 11 is 1.59. The van der Waals surface area contributed by atoms with Crippen molar-refractivity contribution in [1.82, 2.24) is 9.66 Å². The molecule has 0 spiro atoms. The second kappa shape index (κ2) is 7.42. The predicted octanol–water partition coefficient (Wildman–Crippen LogP) is 4.23. The van der Waals surface area contributed by atoms with Gasteiger partial charge in [0.05, 0.1) is 11.1 Å². The van der Waals surface area contributed by atoms with Gasteiger partial charge in [-0.05, 0) is 43.4 Å². The van der Waals surface area contributed by atoms with Crippen LogP contribution in [0.1, 0.15) is 33.6 Å². The van der Waals surface area contributed by atoms with Crippen LogP contribution in [-0.4, -0.2) is 21.3 Å². The Hall–Kier alpha value is -3.78. The van der Waals surface area contributed by atoms with E-state index in [4.69, 9.17) is 4.98 Å². The van der Waals surface area contributed by atoms with Crippen molar-refractivity contribution < 1.29 is 4.79 Å². The van der Waals surface area contributed by atoms with Gasteiger partial charge in [-0.25, -0.2) is 0 Å². The maximum atomic E-state index is 13.7. The highest BCUT2D eigenvalue weighted by Crippen LogP contribution is 2.36. The SMILES string of the molecule is O=C(C1=NN(c2ccccc2)c2nc3sc4c(c3c(=O)n2N1)CCCC4)c1ccccc1. The van der Waals surface area contributed by atoms with Crippen LogP contribution < -0.4 is 16.0 Å². The third-order valence-electron chi connectivity index (χ3n) is 5.83. The monoisotopic (exact) mass is 441 g/mol. The summed E-state index contributed by atoms with van der Waals surface area (Å²) in [7, 11) is 0. The topological polar surface area (TPSA) is 79.6 Å². The lowest BCUT2D eigenvalue weighted by atomic mass is 9.97. The Morgan fingerprint density at radius 2 is 1.69 bits per heavy atom. The van der Waals surface area contributed by atoms with E-state index in [1.54, 1.807) is 40.6 Å². The number of para-hydroxylation sites is 1. The van der Waals surface area contributed by atoms with Crippen LogP contribution >= 0.6 is 11.3 Å². The van der Waals surface area contributed by atoms with Gasteiger partial charge in [0, 0.05) is 10.4 Å². The third-order valence-corrected chi connectivity index (χ3v) is 7.02. The highest BCUT2D eigenvalue weighted by molar-refractivity contribution is 7.18. The van der Waals surface area contributed by atoms with Gasteiger partial charge < -0.3 is 0 Å². The molecule has 1 N–H and O–H groups in total. The number of thiophene rings is 1. The van der Waals surface area contributed by atoms with Gasteiger partial charge in [0.25, 0.3) is 11.5 Å². The molecule has 0 saturated carbocycles. The zero-order valence-electron chi connectivity index (χ0n) is 17.1. The van der Waals surface area contributed by atoms with Crippen LogP contribution in [-0.2, 0) is 12.8 Å². The van der Waals surface area contributed by atoms with Gasteiger partial charge in [0.1, 0.15) is 4.83 Å². The molecule has 3 heterocycles. The molecule has 0 amide bonds. The first-order chi connectivity index (χ1) is 15.7. The van der Waals surface area contributed by atoms with E-state index in [2.05, 4.69) is 10.5 Å². The molecule has 32 heavy (non-hydrogen) atoms. The number of nitrogens with one attached hydrogen (secondary N) is 1. The lowest BCUT2D eigenvalue weighted by Gasteiger charge is -2.28. The molecular formula is C24H19N5O2S. The molecular weight excluding hydrogens is 422 g/mol. The van der Waals surface area contributed by atoms with E-state index in [0.29, 0.717) is 22.6 Å². The number of aryl methyl sites for hydroxylation is 2. The maximum absolute atomic E-state index is 13.7. The molecule has 158 valence electrons. The molecule has 2 aliphatic rings. The molecule has 4 aromatic rings. The van der Waals surface area contributed by atoms with Crippen molar-refractivity contribution in [3.05, 3.63) is 87.0 Å². The van der Waals surface area contributed by atoms with E-state index in [-0.39, 0.29) is 17.2 Å². The molecule has 0 fully saturated rings. The van der Waals surface area contributed by atoms with Crippen molar-refractivity contribution in [3.8, 4) is 0 Å². The van der Waals surface area contributed by atoms with Gasteiger partial charge in [0.15, 0.2) is 0 Å². The highest BCUT2D eigenvalue weighted by Gasteiger charge is 2.30. The molecule has 2 aromatic heterocycles. The van der Waals surface area contributed by atoms with Crippen LogP contribution in [0.25, 0.3) is 10.2 Å².